The van der Waals surface area contributed by atoms with Crippen LogP contribution in [-0.2, 0) is 20.9 Å². The van der Waals surface area contributed by atoms with Crippen LogP contribution in [0.4, 0.5) is 0 Å². The van der Waals surface area contributed by atoms with Crippen LogP contribution in [-0.4, -0.2) is 89.8 Å². The summed E-state index contributed by atoms with van der Waals surface area (Å²) in [5.74, 6) is 0.235. The van der Waals surface area contributed by atoms with E-state index in [1.807, 2.05) is 6.92 Å². The fourth-order valence-corrected chi connectivity index (χ4v) is 5.47. The number of amides is 2. The van der Waals surface area contributed by atoms with Gasteiger partial charge in [0.2, 0.25) is 11.8 Å². The number of methoxy groups -OCH3 is 1. The molecule has 1 aliphatic carbocycles. The average Bonchev–Trinajstić information content (AvgIpc) is 3.41. The van der Waals surface area contributed by atoms with Crippen LogP contribution in [0.2, 0.25) is 0 Å². The minimum Gasteiger partial charge on any atom is -0.493 e. The summed E-state index contributed by atoms with van der Waals surface area (Å²) < 4.78 is 18.2. The summed E-state index contributed by atoms with van der Waals surface area (Å²) in [4.78, 5) is 27.8. The van der Waals surface area contributed by atoms with Gasteiger partial charge in [-0.3, -0.25) is 9.59 Å². The standard InChI is InChI=1S/C26H37IN2O8/c1-3-5-23(32)29(14-18-6-4-9-36-18)20-12-17(26(34)28-7-8-30)13-21(24(20)33)37-25-19(27)10-16(15-31)11-22(25)35-2/h10-11,13,18,20-21,24,30-31,33H,3-9,12,14-15H2,1-2H3,(H,28,34)/t18-,20-,21+,24+/m1/s1. The van der Waals surface area contributed by atoms with Gasteiger partial charge in [0.15, 0.2) is 11.5 Å². The molecule has 10 nitrogen and oxygen atoms in total. The number of rotatable bonds is 12. The summed E-state index contributed by atoms with van der Waals surface area (Å²) in [6.07, 6.45) is 2.18. The van der Waals surface area contributed by atoms with E-state index in [1.165, 1.54) is 7.11 Å². The molecule has 1 aromatic carbocycles. The van der Waals surface area contributed by atoms with E-state index in [-0.39, 0.29) is 38.2 Å². The first kappa shape index (κ1) is 29.6. The van der Waals surface area contributed by atoms with Gasteiger partial charge < -0.3 is 39.7 Å². The topological polar surface area (TPSA) is 138 Å². The van der Waals surface area contributed by atoms with Crippen LogP contribution in [0.5, 0.6) is 11.5 Å². The summed E-state index contributed by atoms with van der Waals surface area (Å²) in [7, 11) is 1.48. The van der Waals surface area contributed by atoms with E-state index in [9.17, 15) is 19.8 Å². The number of carbonyl (C=O) groups excluding carboxylic acids is 2. The lowest BCUT2D eigenvalue weighted by molar-refractivity contribution is -0.140. The van der Waals surface area contributed by atoms with Gasteiger partial charge in [0.05, 0.1) is 36.0 Å². The lowest BCUT2D eigenvalue weighted by Gasteiger charge is -2.41. The molecule has 0 spiro atoms. The number of aliphatic hydroxyl groups is 3. The quantitative estimate of drug-likeness (QED) is 0.255. The van der Waals surface area contributed by atoms with Crippen molar-refractivity contribution < 1.29 is 39.1 Å². The summed E-state index contributed by atoms with van der Waals surface area (Å²) in [5.41, 5.74) is 1.000. The van der Waals surface area contributed by atoms with Gasteiger partial charge in [-0.25, -0.2) is 0 Å². The number of carbonyl (C=O) groups is 2. The van der Waals surface area contributed by atoms with Crippen molar-refractivity contribution in [1.29, 1.82) is 0 Å². The van der Waals surface area contributed by atoms with Gasteiger partial charge in [-0.1, -0.05) is 6.92 Å². The SMILES string of the molecule is CCCC(=O)N(C[C@H]1CCCO1)[C@@H]1CC(C(=O)NCCO)=C[C@H](Oc2c(I)cc(CO)cc2OC)[C@H]1O. The van der Waals surface area contributed by atoms with Crippen LogP contribution in [0, 0.1) is 3.57 Å². The molecule has 4 N–H and O–H groups in total. The Hall–Kier alpha value is -1.93. The molecule has 206 valence electrons. The van der Waals surface area contributed by atoms with Gasteiger partial charge >= 0.3 is 0 Å². The van der Waals surface area contributed by atoms with E-state index in [2.05, 4.69) is 27.9 Å². The highest BCUT2D eigenvalue weighted by Crippen LogP contribution is 2.37. The lowest BCUT2D eigenvalue weighted by atomic mass is 9.87. The Bertz CT molecular complexity index is 966. The Balaban J connectivity index is 1.98. The van der Waals surface area contributed by atoms with Gasteiger partial charge in [0.25, 0.3) is 0 Å². The first-order valence-corrected chi connectivity index (χ1v) is 13.7. The fourth-order valence-electron chi connectivity index (χ4n) is 4.68. The van der Waals surface area contributed by atoms with Gasteiger partial charge in [-0.15, -0.1) is 0 Å². The molecule has 0 bridgehead atoms. The van der Waals surface area contributed by atoms with Crippen LogP contribution in [0.25, 0.3) is 0 Å². The van der Waals surface area contributed by atoms with Crippen molar-refractivity contribution in [2.45, 2.75) is 70.0 Å². The Morgan fingerprint density at radius 3 is 2.70 bits per heavy atom. The van der Waals surface area contributed by atoms with Crippen molar-refractivity contribution in [2.75, 3.05) is 33.4 Å². The Morgan fingerprint density at radius 1 is 1.30 bits per heavy atom. The molecule has 0 aromatic heterocycles. The van der Waals surface area contributed by atoms with Crippen molar-refractivity contribution >= 4 is 34.4 Å². The summed E-state index contributed by atoms with van der Waals surface area (Å²) in [5, 5.41) is 32.9. The summed E-state index contributed by atoms with van der Waals surface area (Å²) in [6.45, 7) is 2.58. The largest absolute Gasteiger partial charge is 0.493 e. The Labute approximate surface area is 231 Å². The Kier molecular flexibility index (Phi) is 11.4. The van der Waals surface area contributed by atoms with E-state index in [0.29, 0.717) is 52.2 Å². The molecule has 37 heavy (non-hydrogen) atoms. The van der Waals surface area contributed by atoms with Crippen molar-refractivity contribution in [2.24, 2.45) is 0 Å². The molecule has 1 fully saturated rings. The number of halogens is 1. The smallest absolute Gasteiger partial charge is 0.247 e. The van der Waals surface area contributed by atoms with Gasteiger partial charge in [0, 0.05) is 38.1 Å². The van der Waals surface area contributed by atoms with Crippen molar-refractivity contribution in [3.8, 4) is 11.5 Å². The van der Waals surface area contributed by atoms with Crippen LogP contribution in [0.15, 0.2) is 23.8 Å². The van der Waals surface area contributed by atoms with Gasteiger partial charge in [-0.2, -0.15) is 0 Å². The molecule has 2 aliphatic rings. The molecule has 1 aliphatic heterocycles. The normalized spacial score (nSPS) is 23.4. The third kappa shape index (κ3) is 7.56. The maximum absolute atomic E-state index is 13.2. The number of nitrogens with zero attached hydrogens (tertiary/aromatic N) is 1. The maximum Gasteiger partial charge on any atom is 0.247 e. The second-order valence-electron chi connectivity index (χ2n) is 9.21. The number of aliphatic hydroxyl groups excluding tert-OH is 3. The predicted octanol–water partition coefficient (Wildman–Crippen LogP) is 1.52. The van der Waals surface area contributed by atoms with Gasteiger partial charge in [0.1, 0.15) is 12.2 Å². The van der Waals surface area contributed by atoms with Crippen molar-refractivity contribution in [1.82, 2.24) is 10.2 Å². The van der Waals surface area contributed by atoms with Crippen LogP contribution in [0.3, 0.4) is 0 Å². The van der Waals surface area contributed by atoms with E-state index in [0.717, 1.165) is 12.8 Å². The zero-order valence-corrected chi connectivity index (χ0v) is 23.5. The minimum absolute atomic E-state index is 0.0810. The second kappa shape index (κ2) is 14.3. The highest BCUT2D eigenvalue weighted by Gasteiger charge is 2.41. The van der Waals surface area contributed by atoms with E-state index < -0.39 is 24.2 Å². The average molecular weight is 632 g/mol. The third-order valence-corrected chi connectivity index (χ3v) is 7.35. The second-order valence-corrected chi connectivity index (χ2v) is 10.4. The van der Waals surface area contributed by atoms with Gasteiger partial charge in [-0.05, 0) is 65.6 Å². The van der Waals surface area contributed by atoms with Crippen molar-refractivity contribution in [3.05, 3.63) is 32.9 Å². The minimum atomic E-state index is -1.13. The Morgan fingerprint density at radius 2 is 2.08 bits per heavy atom. The number of hydrogen-bond donors (Lipinski definition) is 4. The lowest BCUT2D eigenvalue weighted by Crippen LogP contribution is -2.56. The van der Waals surface area contributed by atoms with E-state index >= 15 is 0 Å². The molecular weight excluding hydrogens is 595 g/mol. The highest BCUT2D eigenvalue weighted by atomic mass is 127. The zero-order chi connectivity index (χ0) is 26.9. The number of benzene rings is 1. The molecule has 2 amide bonds. The number of nitrogens with one attached hydrogen (secondary N) is 1. The fraction of sp³-hybridized carbons (Fsp3) is 0.615. The highest BCUT2D eigenvalue weighted by molar-refractivity contribution is 14.1. The molecule has 11 heteroatoms. The van der Waals surface area contributed by atoms with Crippen LogP contribution < -0.4 is 14.8 Å². The molecule has 1 aromatic rings. The number of ether oxygens (including phenoxy) is 3. The van der Waals surface area contributed by atoms with E-state index in [1.54, 1.807) is 23.1 Å². The summed E-state index contributed by atoms with van der Waals surface area (Å²) >= 11 is 2.07. The molecular formula is C26H37IN2O8. The first-order valence-electron chi connectivity index (χ1n) is 12.7. The molecule has 1 heterocycles. The third-order valence-electron chi connectivity index (χ3n) is 6.55. The first-order chi connectivity index (χ1) is 17.8. The molecule has 3 rings (SSSR count). The molecule has 0 saturated carbocycles. The predicted molar refractivity (Wildman–Crippen MR) is 144 cm³/mol. The molecule has 0 radical (unpaired) electrons. The summed E-state index contributed by atoms with van der Waals surface area (Å²) in [6, 6.07) is 2.68. The molecule has 4 atom stereocenters. The van der Waals surface area contributed by atoms with E-state index in [4.69, 9.17) is 19.3 Å². The molecule has 0 unspecified atom stereocenters. The zero-order valence-electron chi connectivity index (χ0n) is 21.3. The van der Waals surface area contributed by atoms with Crippen LogP contribution >= 0.6 is 22.6 Å². The monoisotopic (exact) mass is 632 g/mol. The van der Waals surface area contributed by atoms with Crippen molar-refractivity contribution in [3.63, 3.8) is 0 Å². The number of hydrogen-bond acceptors (Lipinski definition) is 8. The maximum atomic E-state index is 13.2. The molecule has 1 saturated heterocycles. The van der Waals surface area contributed by atoms with Crippen LogP contribution in [0.1, 0.15) is 44.6 Å².